The molecule has 0 spiro atoms. The van der Waals surface area contributed by atoms with Crippen LogP contribution in [0.2, 0.25) is 0 Å². The Hall–Kier alpha value is 0.560. The molecule has 0 aliphatic rings. The smallest absolute Gasteiger partial charge is 0.768 e. The predicted molar refractivity (Wildman–Crippen MR) is 44.5 cm³/mol. The third-order valence-electron chi connectivity index (χ3n) is 2.11. The zero-order chi connectivity index (χ0) is 18.6. The van der Waals surface area contributed by atoms with Crippen LogP contribution in [0.1, 0.15) is 0 Å². The van der Waals surface area contributed by atoms with Gasteiger partial charge in [0.15, 0.2) is 0 Å². The SMILES string of the molecule is O=S([O-])C(F)(F)C(F)(F)C(F)(F)C(F)(F)C(F)(F)C(F)(F)Cl.[Na+]. The van der Waals surface area contributed by atoms with Crippen LogP contribution in [0, 0.1) is 0 Å². The summed E-state index contributed by atoms with van der Waals surface area (Å²) in [6.07, 6.45) is 0. The summed E-state index contributed by atoms with van der Waals surface area (Å²) < 4.78 is 169. The summed E-state index contributed by atoms with van der Waals surface area (Å²) in [5.41, 5.74) is 0. The minimum absolute atomic E-state index is 0. The Kier molecular flexibility index (Phi) is 7.52. The summed E-state index contributed by atoms with van der Waals surface area (Å²) in [5, 5.41) is -13.5. The first-order chi connectivity index (χ1) is 9.19. The van der Waals surface area contributed by atoms with Crippen molar-refractivity contribution in [3.8, 4) is 0 Å². The fourth-order valence-corrected chi connectivity index (χ4v) is 1.32. The van der Waals surface area contributed by atoms with Gasteiger partial charge in [-0.2, -0.15) is 52.7 Å². The van der Waals surface area contributed by atoms with Gasteiger partial charge >= 0.3 is 63.9 Å². The second-order valence-corrected chi connectivity index (χ2v) is 5.00. The maximum absolute atomic E-state index is 12.7. The maximum atomic E-state index is 12.7. The van der Waals surface area contributed by atoms with Crippen LogP contribution in [0.4, 0.5) is 52.7 Å². The van der Waals surface area contributed by atoms with Crippen LogP contribution in [0.15, 0.2) is 0 Å². The summed E-state index contributed by atoms with van der Waals surface area (Å²) in [5.74, 6) is -30.9. The standard InChI is InChI=1S/C6HClF12O2S.Na/c7-5(16,17)3(12,13)1(8,9)2(10,11)4(14,15)6(18,19)22(20)21;/h(H,20,21);/q;+1/p-1. The second kappa shape index (κ2) is 6.70. The Balaban J connectivity index is 0. The minimum Gasteiger partial charge on any atom is -0.768 e. The van der Waals surface area contributed by atoms with Crippen LogP contribution >= 0.6 is 11.6 Å². The average molecular weight is 423 g/mol. The number of halogens is 13. The van der Waals surface area contributed by atoms with Crippen LogP contribution in [0.3, 0.4) is 0 Å². The van der Waals surface area contributed by atoms with Gasteiger partial charge in [0.1, 0.15) is 0 Å². The quantitative estimate of drug-likeness (QED) is 0.275. The first kappa shape index (κ1) is 25.8. The molecule has 1 unspecified atom stereocenters. The molecule has 0 bridgehead atoms. The molecule has 2 nitrogen and oxygen atoms in total. The van der Waals surface area contributed by atoms with Crippen molar-refractivity contribution in [2.24, 2.45) is 0 Å². The Morgan fingerprint density at radius 2 is 0.913 bits per heavy atom. The van der Waals surface area contributed by atoms with E-state index in [0.29, 0.717) is 0 Å². The molecule has 0 aliphatic heterocycles. The van der Waals surface area contributed by atoms with Crippen molar-refractivity contribution in [3.05, 3.63) is 0 Å². The summed E-state index contributed by atoms with van der Waals surface area (Å²) in [4.78, 5) is 0. The molecule has 134 valence electrons. The molecule has 0 radical (unpaired) electrons. The van der Waals surface area contributed by atoms with Crippen LogP contribution in [-0.4, -0.2) is 43.1 Å². The molecule has 0 aromatic carbocycles. The number of alkyl halides is 13. The van der Waals surface area contributed by atoms with Gasteiger partial charge in [0, 0.05) is 11.1 Å². The largest absolute Gasteiger partial charge is 1.00 e. The molecule has 0 saturated carbocycles. The molecule has 0 heterocycles. The van der Waals surface area contributed by atoms with Crippen molar-refractivity contribution >= 4 is 22.7 Å². The molecular formula is C6ClF12NaO2S. The van der Waals surface area contributed by atoms with Crippen LogP contribution in [0.5, 0.6) is 0 Å². The number of rotatable bonds is 6. The molecule has 0 aromatic heterocycles. The van der Waals surface area contributed by atoms with Crippen molar-refractivity contribution in [1.82, 2.24) is 0 Å². The molecule has 0 aliphatic carbocycles. The molecule has 0 N–H and O–H groups in total. The molecule has 0 fully saturated rings. The Morgan fingerprint density at radius 3 is 1.13 bits per heavy atom. The van der Waals surface area contributed by atoms with Gasteiger partial charge in [-0.3, -0.25) is 4.21 Å². The summed E-state index contributed by atoms with van der Waals surface area (Å²) in [7, 11) is 0. The van der Waals surface area contributed by atoms with Gasteiger partial charge < -0.3 is 4.55 Å². The van der Waals surface area contributed by atoms with E-state index in [9.17, 15) is 61.4 Å². The van der Waals surface area contributed by atoms with Crippen molar-refractivity contribution in [2.75, 3.05) is 0 Å². The third-order valence-corrected chi connectivity index (χ3v) is 3.03. The van der Waals surface area contributed by atoms with Gasteiger partial charge in [-0.15, -0.1) is 0 Å². The second-order valence-electron chi connectivity index (χ2n) is 3.55. The van der Waals surface area contributed by atoms with Gasteiger partial charge in [0.2, 0.25) is 0 Å². The van der Waals surface area contributed by atoms with Crippen molar-refractivity contribution in [2.45, 2.75) is 34.3 Å². The van der Waals surface area contributed by atoms with Crippen molar-refractivity contribution in [3.63, 3.8) is 0 Å². The van der Waals surface area contributed by atoms with Crippen LogP contribution < -0.4 is 29.6 Å². The van der Waals surface area contributed by atoms with E-state index in [2.05, 4.69) is 11.6 Å². The molecule has 0 amide bonds. The van der Waals surface area contributed by atoms with Gasteiger partial charge in [-0.25, -0.2) is 0 Å². The van der Waals surface area contributed by atoms with Gasteiger partial charge in [0.05, 0.1) is 0 Å². The normalized spacial score (nSPS) is 16.8. The van der Waals surface area contributed by atoms with Gasteiger partial charge in [0.25, 0.3) is 0 Å². The van der Waals surface area contributed by atoms with Crippen molar-refractivity contribution in [1.29, 1.82) is 0 Å². The van der Waals surface area contributed by atoms with Crippen molar-refractivity contribution < 1.29 is 91.0 Å². The fraction of sp³-hybridized carbons (Fsp3) is 1.00. The van der Waals surface area contributed by atoms with Gasteiger partial charge in [-0.05, 0) is 11.6 Å². The monoisotopic (exact) mass is 422 g/mol. The Morgan fingerprint density at radius 1 is 0.652 bits per heavy atom. The van der Waals surface area contributed by atoms with E-state index in [-0.39, 0.29) is 29.6 Å². The Bertz CT molecular complexity index is 463. The minimum atomic E-state index is -7.93. The molecule has 0 aromatic rings. The predicted octanol–water partition coefficient (Wildman–Crippen LogP) is 0.835. The van der Waals surface area contributed by atoms with E-state index in [1.165, 1.54) is 0 Å². The van der Waals surface area contributed by atoms with Gasteiger partial charge in [-0.1, -0.05) is 0 Å². The van der Waals surface area contributed by atoms with Crippen LogP contribution in [0.25, 0.3) is 0 Å². The molecule has 23 heavy (non-hydrogen) atoms. The molecule has 0 rings (SSSR count). The molecular weight excluding hydrogens is 423 g/mol. The zero-order valence-electron chi connectivity index (χ0n) is 10.1. The Labute approximate surface area is 148 Å². The van der Waals surface area contributed by atoms with E-state index in [0.717, 1.165) is 0 Å². The fourth-order valence-electron chi connectivity index (χ4n) is 0.860. The molecule has 1 atom stereocenters. The summed E-state index contributed by atoms with van der Waals surface area (Å²) in [6.45, 7) is 0. The first-order valence-corrected chi connectivity index (χ1v) is 5.70. The van der Waals surface area contributed by atoms with E-state index < -0.39 is 45.4 Å². The third kappa shape index (κ3) is 3.59. The zero-order valence-corrected chi connectivity index (χ0v) is 13.7. The molecule has 17 heteroatoms. The summed E-state index contributed by atoms with van der Waals surface area (Å²) >= 11 is -2.10. The molecule has 0 saturated heterocycles. The maximum Gasteiger partial charge on any atom is 1.00 e. The summed E-state index contributed by atoms with van der Waals surface area (Å²) in [6, 6.07) is 0. The number of hydrogen-bond donors (Lipinski definition) is 0. The first-order valence-electron chi connectivity index (χ1n) is 4.24. The van der Waals surface area contributed by atoms with E-state index in [1.54, 1.807) is 0 Å². The number of hydrogen-bond acceptors (Lipinski definition) is 2. The van der Waals surface area contributed by atoms with E-state index >= 15 is 0 Å². The topological polar surface area (TPSA) is 40.1 Å². The van der Waals surface area contributed by atoms with Crippen LogP contribution in [-0.2, 0) is 11.1 Å². The average Bonchev–Trinajstić information content (AvgIpc) is 2.25. The van der Waals surface area contributed by atoms with E-state index in [1.807, 2.05) is 0 Å². The van der Waals surface area contributed by atoms with E-state index in [4.69, 9.17) is 0 Å².